The van der Waals surface area contributed by atoms with Crippen LogP contribution in [0.15, 0.2) is 65.8 Å². The van der Waals surface area contributed by atoms with E-state index >= 15 is 0 Å². The highest BCUT2D eigenvalue weighted by Crippen LogP contribution is 2.27. The first-order valence-corrected chi connectivity index (χ1v) is 12.2. The van der Waals surface area contributed by atoms with Crippen LogP contribution in [0.5, 0.6) is 5.75 Å². The number of benzene rings is 2. The Morgan fingerprint density at radius 1 is 1.08 bits per heavy atom. The van der Waals surface area contributed by atoms with Gasteiger partial charge in [0.05, 0.1) is 22.8 Å². The molecule has 1 N–H and O–H groups in total. The van der Waals surface area contributed by atoms with Crippen molar-refractivity contribution >= 4 is 15.9 Å². The van der Waals surface area contributed by atoms with Gasteiger partial charge >= 0.3 is 6.36 Å². The molecule has 2 heterocycles. The van der Waals surface area contributed by atoms with Crippen LogP contribution >= 0.6 is 0 Å². The third-order valence-corrected chi connectivity index (χ3v) is 7.40. The van der Waals surface area contributed by atoms with Crippen LogP contribution in [0.1, 0.15) is 18.5 Å². The van der Waals surface area contributed by atoms with Crippen LogP contribution < -0.4 is 10.1 Å². The molecule has 1 aliphatic rings. The standard InChI is InChI=1S/C23H20F4N4O4S/c24-16-5-9-19(10-6-16)36(33,34)31-11-1-2-21(31)22(32)28-13-17-12-20(30-14-29-17)15-3-7-18(8-4-15)35-23(25,26)27/h3-10,12,14,21H,1-2,11,13H2,(H,28,32). The predicted molar refractivity (Wildman–Crippen MR) is 119 cm³/mol. The van der Waals surface area contributed by atoms with Gasteiger partial charge in [-0.3, -0.25) is 4.79 Å². The summed E-state index contributed by atoms with van der Waals surface area (Å²) in [7, 11) is -3.99. The van der Waals surface area contributed by atoms with E-state index in [9.17, 15) is 30.8 Å². The number of alkyl halides is 3. The van der Waals surface area contributed by atoms with Crippen molar-refractivity contribution in [2.45, 2.75) is 36.7 Å². The Labute approximate surface area is 204 Å². The molecular weight excluding hydrogens is 504 g/mol. The van der Waals surface area contributed by atoms with Gasteiger partial charge in [-0.15, -0.1) is 13.2 Å². The molecule has 0 saturated carbocycles. The minimum atomic E-state index is -4.80. The first kappa shape index (κ1) is 25.5. The summed E-state index contributed by atoms with van der Waals surface area (Å²) >= 11 is 0. The van der Waals surface area contributed by atoms with Gasteiger partial charge in [0.1, 0.15) is 23.9 Å². The fraction of sp³-hybridized carbons (Fsp3) is 0.261. The molecule has 3 aromatic rings. The third-order valence-electron chi connectivity index (χ3n) is 5.48. The maximum atomic E-state index is 13.2. The van der Waals surface area contributed by atoms with Crippen LogP contribution in [0.2, 0.25) is 0 Å². The maximum Gasteiger partial charge on any atom is 0.573 e. The van der Waals surface area contributed by atoms with Crippen LogP contribution in [0.25, 0.3) is 11.3 Å². The van der Waals surface area contributed by atoms with E-state index in [2.05, 4.69) is 20.0 Å². The number of aromatic nitrogens is 2. The lowest BCUT2D eigenvalue weighted by atomic mass is 10.1. The van der Waals surface area contributed by atoms with Crippen LogP contribution in [0, 0.1) is 5.82 Å². The molecule has 1 amide bonds. The number of carbonyl (C=O) groups is 1. The fourth-order valence-electron chi connectivity index (χ4n) is 3.81. The number of hydrogen-bond donors (Lipinski definition) is 1. The number of nitrogens with one attached hydrogen (secondary N) is 1. The number of nitrogens with zero attached hydrogens (tertiary/aromatic N) is 3. The van der Waals surface area contributed by atoms with Crippen LogP contribution in [0.4, 0.5) is 17.6 Å². The van der Waals surface area contributed by atoms with Gasteiger partial charge in [-0.25, -0.2) is 22.8 Å². The molecule has 1 saturated heterocycles. The van der Waals surface area contributed by atoms with E-state index in [1.807, 2.05) is 0 Å². The van der Waals surface area contributed by atoms with Crippen molar-refractivity contribution in [2.24, 2.45) is 0 Å². The topological polar surface area (TPSA) is 101 Å². The summed E-state index contributed by atoms with van der Waals surface area (Å²) in [6.45, 7) is 0.133. The maximum absolute atomic E-state index is 13.2. The van der Waals surface area contributed by atoms with Gasteiger partial charge in [0.15, 0.2) is 0 Å². The normalized spacial score (nSPS) is 16.6. The van der Waals surface area contributed by atoms with Crippen molar-refractivity contribution in [3.63, 3.8) is 0 Å². The van der Waals surface area contributed by atoms with Crippen molar-refractivity contribution in [2.75, 3.05) is 6.54 Å². The van der Waals surface area contributed by atoms with Crippen LogP contribution in [-0.2, 0) is 21.4 Å². The Morgan fingerprint density at radius 2 is 1.78 bits per heavy atom. The summed E-state index contributed by atoms with van der Waals surface area (Å²) in [6.07, 6.45) is -2.73. The Kier molecular flexibility index (Phi) is 7.22. The molecule has 0 spiro atoms. The smallest absolute Gasteiger partial charge is 0.406 e. The number of rotatable bonds is 7. The van der Waals surface area contributed by atoms with Crippen molar-refractivity contribution in [1.29, 1.82) is 0 Å². The molecule has 0 aliphatic carbocycles. The lowest BCUT2D eigenvalue weighted by Crippen LogP contribution is -2.45. The molecule has 0 bridgehead atoms. The summed E-state index contributed by atoms with van der Waals surface area (Å²) in [4.78, 5) is 20.9. The van der Waals surface area contributed by atoms with E-state index in [0.29, 0.717) is 29.8 Å². The fourth-order valence-corrected chi connectivity index (χ4v) is 5.46. The Morgan fingerprint density at radius 3 is 2.44 bits per heavy atom. The van der Waals surface area contributed by atoms with E-state index in [0.717, 1.165) is 40.7 Å². The largest absolute Gasteiger partial charge is 0.573 e. The van der Waals surface area contributed by atoms with Crippen LogP contribution in [0.3, 0.4) is 0 Å². The third kappa shape index (κ3) is 5.97. The number of sulfonamides is 1. The number of ether oxygens (including phenoxy) is 1. The summed E-state index contributed by atoms with van der Waals surface area (Å²) in [5.41, 5.74) is 1.33. The highest BCUT2D eigenvalue weighted by atomic mass is 32.2. The summed E-state index contributed by atoms with van der Waals surface area (Å²) in [6, 6.07) is 10.1. The molecule has 13 heteroatoms. The highest BCUT2D eigenvalue weighted by molar-refractivity contribution is 7.89. The van der Waals surface area contributed by atoms with E-state index in [1.165, 1.54) is 18.5 Å². The van der Waals surface area contributed by atoms with Gasteiger partial charge < -0.3 is 10.1 Å². The van der Waals surface area contributed by atoms with Gasteiger partial charge in [0.2, 0.25) is 15.9 Å². The van der Waals surface area contributed by atoms with Crippen LogP contribution in [-0.4, -0.2) is 47.5 Å². The second-order valence-corrected chi connectivity index (χ2v) is 9.80. The molecule has 1 aromatic heterocycles. The van der Waals surface area contributed by atoms with Crippen molar-refractivity contribution < 1.29 is 35.5 Å². The van der Waals surface area contributed by atoms with E-state index < -0.39 is 34.2 Å². The summed E-state index contributed by atoms with van der Waals surface area (Å²) < 4.78 is 81.1. The summed E-state index contributed by atoms with van der Waals surface area (Å²) in [5.74, 6) is -1.45. The number of halogens is 4. The second kappa shape index (κ2) is 10.2. The number of hydrogen-bond acceptors (Lipinski definition) is 6. The average molecular weight is 524 g/mol. The molecule has 190 valence electrons. The average Bonchev–Trinajstić information content (AvgIpc) is 3.34. The lowest BCUT2D eigenvalue weighted by molar-refractivity contribution is -0.274. The van der Waals surface area contributed by atoms with E-state index in [1.54, 1.807) is 6.07 Å². The van der Waals surface area contributed by atoms with Gasteiger partial charge in [0, 0.05) is 12.1 Å². The monoisotopic (exact) mass is 524 g/mol. The molecule has 2 aromatic carbocycles. The molecule has 8 nitrogen and oxygen atoms in total. The Hall–Kier alpha value is -3.58. The molecule has 0 radical (unpaired) electrons. The molecular formula is C23H20F4N4O4S. The Bertz CT molecular complexity index is 1330. The molecule has 1 fully saturated rings. The first-order chi connectivity index (χ1) is 17.0. The SMILES string of the molecule is O=C(NCc1cc(-c2ccc(OC(F)(F)F)cc2)ncn1)C1CCCN1S(=O)(=O)c1ccc(F)cc1. The summed E-state index contributed by atoms with van der Waals surface area (Å²) in [5, 5.41) is 2.68. The van der Waals surface area contributed by atoms with E-state index in [-0.39, 0.29) is 23.7 Å². The molecule has 1 unspecified atom stereocenters. The Balaban J connectivity index is 1.42. The molecule has 1 aliphatic heterocycles. The zero-order valence-corrected chi connectivity index (χ0v) is 19.4. The predicted octanol–water partition coefficient (Wildman–Crippen LogP) is 3.65. The molecule has 4 rings (SSSR count). The van der Waals surface area contributed by atoms with Crippen molar-refractivity contribution in [3.8, 4) is 17.0 Å². The zero-order chi connectivity index (χ0) is 25.9. The second-order valence-electron chi connectivity index (χ2n) is 7.91. The van der Waals surface area contributed by atoms with Gasteiger partial charge in [-0.1, -0.05) is 0 Å². The minimum absolute atomic E-state index is 0.0233. The lowest BCUT2D eigenvalue weighted by Gasteiger charge is -2.23. The van der Waals surface area contributed by atoms with Crippen molar-refractivity contribution in [1.82, 2.24) is 19.6 Å². The van der Waals surface area contributed by atoms with Gasteiger partial charge in [0.25, 0.3) is 0 Å². The van der Waals surface area contributed by atoms with Crippen molar-refractivity contribution in [3.05, 3.63) is 72.4 Å². The quantitative estimate of drug-likeness (QED) is 0.474. The molecule has 36 heavy (non-hydrogen) atoms. The van der Waals surface area contributed by atoms with Gasteiger partial charge in [-0.05, 0) is 67.4 Å². The minimum Gasteiger partial charge on any atom is -0.406 e. The first-order valence-electron chi connectivity index (χ1n) is 10.8. The number of amides is 1. The van der Waals surface area contributed by atoms with Gasteiger partial charge in [-0.2, -0.15) is 4.31 Å². The highest BCUT2D eigenvalue weighted by Gasteiger charge is 2.39. The zero-order valence-electron chi connectivity index (χ0n) is 18.6. The number of carbonyl (C=O) groups excluding carboxylic acids is 1. The van der Waals surface area contributed by atoms with E-state index in [4.69, 9.17) is 0 Å². The molecule has 1 atom stereocenters.